The highest BCUT2D eigenvalue weighted by molar-refractivity contribution is 5.75. The topological polar surface area (TPSA) is 42.0 Å². The van der Waals surface area contributed by atoms with E-state index in [1.165, 1.54) is 5.56 Å². The Hall–Kier alpha value is -1.59. The van der Waals surface area contributed by atoms with E-state index in [1.54, 1.807) is 26.1 Å². The molecule has 0 aliphatic carbocycles. The fourth-order valence-corrected chi connectivity index (χ4v) is 2.92. The number of carbonyl (C=O) groups excluding carboxylic acids is 1. The molecule has 0 N–H and O–H groups in total. The van der Waals surface area contributed by atoms with Crippen molar-refractivity contribution in [2.45, 2.75) is 25.9 Å². The van der Waals surface area contributed by atoms with Crippen molar-refractivity contribution >= 4 is 5.91 Å². The first-order chi connectivity index (χ1) is 11.0. The third kappa shape index (κ3) is 4.94. The number of nitrogens with zero attached hydrogens (tertiary/aromatic N) is 2. The molecule has 1 aromatic rings. The molecule has 5 nitrogen and oxygen atoms in total. The van der Waals surface area contributed by atoms with Crippen molar-refractivity contribution < 1.29 is 14.3 Å². The Morgan fingerprint density at radius 2 is 2.22 bits per heavy atom. The lowest BCUT2D eigenvalue weighted by Gasteiger charge is -2.31. The molecule has 0 spiro atoms. The number of methoxy groups -OCH3 is 1. The minimum Gasteiger partial charge on any atom is -0.497 e. The third-order valence-electron chi connectivity index (χ3n) is 4.57. The van der Waals surface area contributed by atoms with Crippen molar-refractivity contribution in [2.75, 3.05) is 41.0 Å². The van der Waals surface area contributed by atoms with Crippen LogP contribution in [0.5, 0.6) is 5.75 Å². The minimum atomic E-state index is 0.161. The van der Waals surface area contributed by atoms with Crippen LogP contribution in [0.25, 0.3) is 0 Å². The number of rotatable bonds is 5. The summed E-state index contributed by atoms with van der Waals surface area (Å²) in [5.74, 6) is 1.26. The van der Waals surface area contributed by atoms with Crippen LogP contribution in [0, 0.1) is 5.92 Å². The second-order valence-corrected chi connectivity index (χ2v) is 6.39. The molecule has 1 aliphatic rings. The van der Waals surface area contributed by atoms with Gasteiger partial charge in [-0.05, 0) is 24.6 Å². The SMILES string of the molecule is COc1cccc(CN2CCOC[C@@H](CC(=O)N(C)C)[C@@H]2C)c1. The van der Waals surface area contributed by atoms with E-state index in [-0.39, 0.29) is 11.8 Å². The predicted molar refractivity (Wildman–Crippen MR) is 90.5 cm³/mol. The summed E-state index contributed by atoms with van der Waals surface area (Å²) in [6.45, 7) is 5.28. The fourth-order valence-electron chi connectivity index (χ4n) is 2.92. The summed E-state index contributed by atoms with van der Waals surface area (Å²) < 4.78 is 11.0. The van der Waals surface area contributed by atoms with Crippen LogP contribution >= 0.6 is 0 Å². The van der Waals surface area contributed by atoms with Crippen LogP contribution in [0.2, 0.25) is 0 Å². The molecule has 23 heavy (non-hydrogen) atoms. The number of amides is 1. The number of ether oxygens (including phenoxy) is 2. The van der Waals surface area contributed by atoms with Crippen LogP contribution in [0.15, 0.2) is 24.3 Å². The molecule has 1 fully saturated rings. The average molecular weight is 320 g/mol. The van der Waals surface area contributed by atoms with E-state index in [4.69, 9.17) is 9.47 Å². The van der Waals surface area contributed by atoms with E-state index < -0.39 is 0 Å². The van der Waals surface area contributed by atoms with Gasteiger partial charge in [-0.2, -0.15) is 0 Å². The normalized spacial score (nSPS) is 22.4. The van der Waals surface area contributed by atoms with Gasteiger partial charge in [0.2, 0.25) is 5.91 Å². The molecule has 0 saturated carbocycles. The molecule has 0 radical (unpaired) electrons. The van der Waals surface area contributed by atoms with E-state index in [2.05, 4.69) is 24.0 Å². The van der Waals surface area contributed by atoms with Gasteiger partial charge in [0.15, 0.2) is 0 Å². The van der Waals surface area contributed by atoms with Crippen molar-refractivity contribution in [3.05, 3.63) is 29.8 Å². The molecule has 0 aromatic heterocycles. The number of hydrogen-bond acceptors (Lipinski definition) is 4. The van der Waals surface area contributed by atoms with Gasteiger partial charge >= 0.3 is 0 Å². The Kier molecular flexibility index (Phi) is 6.42. The summed E-state index contributed by atoms with van der Waals surface area (Å²) >= 11 is 0. The minimum absolute atomic E-state index is 0.161. The van der Waals surface area contributed by atoms with Crippen molar-refractivity contribution in [2.24, 2.45) is 5.92 Å². The van der Waals surface area contributed by atoms with E-state index in [0.717, 1.165) is 18.8 Å². The zero-order valence-corrected chi connectivity index (χ0v) is 14.6. The van der Waals surface area contributed by atoms with Crippen LogP contribution in [-0.2, 0) is 16.1 Å². The predicted octanol–water partition coefficient (Wildman–Crippen LogP) is 2.01. The molecule has 2 rings (SSSR count). The van der Waals surface area contributed by atoms with Crippen molar-refractivity contribution in [3.63, 3.8) is 0 Å². The van der Waals surface area contributed by atoms with Gasteiger partial charge in [0.1, 0.15) is 5.75 Å². The molecule has 1 aliphatic heterocycles. The lowest BCUT2D eigenvalue weighted by molar-refractivity contribution is -0.130. The highest BCUT2D eigenvalue weighted by Crippen LogP contribution is 2.23. The quantitative estimate of drug-likeness (QED) is 0.832. The zero-order valence-electron chi connectivity index (χ0n) is 14.6. The van der Waals surface area contributed by atoms with Crippen LogP contribution in [0.4, 0.5) is 0 Å². The summed E-state index contributed by atoms with van der Waals surface area (Å²) in [5.41, 5.74) is 1.22. The Morgan fingerprint density at radius 1 is 1.43 bits per heavy atom. The van der Waals surface area contributed by atoms with Crippen molar-refractivity contribution in [1.29, 1.82) is 0 Å². The standard InChI is InChI=1S/C18H28N2O3/c1-14-16(11-18(21)19(2)3)13-23-9-8-20(14)12-15-6-5-7-17(10-15)22-4/h5-7,10,14,16H,8-9,11-13H2,1-4H3/t14-,16+/m0/s1. The molecule has 0 bridgehead atoms. The van der Waals surface area contributed by atoms with Gasteiger partial charge < -0.3 is 14.4 Å². The molecule has 1 saturated heterocycles. The molecule has 2 atom stereocenters. The molecule has 128 valence electrons. The first-order valence-corrected chi connectivity index (χ1v) is 8.16. The maximum Gasteiger partial charge on any atom is 0.222 e. The van der Waals surface area contributed by atoms with E-state index >= 15 is 0 Å². The van der Waals surface area contributed by atoms with Crippen molar-refractivity contribution in [3.8, 4) is 5.75 Å². The molecular weight excluding hydrogens is 292 g/mol. The van der Waals surface area contributed by atoms with Crippen LogP contribution in [0.3, 0.4) is 0 Å². The van der Waals surface area contributed by atoms with E-state index in [1.807, 2.05) is 12.1 Å². The Morgan fingerprint density at radius 3 is 2.91 bits per heavy atom. The lowest BCUT2D eigenvalue weighted by atomic mass is 9.96. The van der Waals surface area contributed by atoms with Crippen LogP contribution < -0.4 is 4.74 Å². The highest BCUT2D eigenvalue weighted by atomic mass is 16.5. The van der Waals surface area contributed by atoms with Gasteiger partial charge in [-0.3, -0.25) is 9.69 Å². The molecule has 5 heteroatoms. The van der Waals surface area contributed by atoms with Gasteiger partial charge in [-0.1, -0.05) is 12.1 Å². The maximum absolute atomic E-state index is 12.1. The molecule has 1 heterocycles. The van der Waals surface area contributed by atoms with E-state index in [0.29, 0.717) is 25.7 Å². The van der Waals surface area contributed by atoms with E-state index in [9.17, 15) is 4.79 Å². The Bertz CT molecular complexity index is 519. The number of carbonyl (C=O) groups is 1. The van der Waals surface area contributed by atoms with Gasteiger partial charge in [0, 0.05) is 45.6 Å². The summed E-state index contributed by atoms with van der Waals surface area (Å²) in [7, 11) is 5.29. The van der Waals surface area contributed by atoms with Crippen LogP contribution in [0.1, 0.15) is 18.9 Å². The summed E-state index contributed by atoms with van der Waals surface area (Å²) in [5, 5.41) is 0. The highest BCUT2D eigenvalue weighted by Gasteiger charge is 2.29. The number of benzene rings is 1. The maximum atomic E-state index is 12.1. The third-order valence-corrected chi connectivity index (χ3v) is 4.57. The van der Waals surface area contributed by atoms with Gasteiger partial charge in [0.05, 0.1) is 20.3 Å². The van der Waals surface area contributed by atoms with Crippen molar-refractivity contribution in [1.82, 2.24) is 9.80 Å². The fraction of sp³-hybridized carbons (Fsp3) is 0.611. The Labute approximate surface area is 139 Å². The first kappa shape index (κ1) is 17.8. The van der Waals surface area contributed by atoms with Gasteiger partial charge in [-0.25, -0.2) is 0 Å². The monoisotopic (exact) mass is 320 g/mol. The Balaban J connectivity index is 2.06. The summed E-state index contributed by atoms with van der Waals surface area (Å²) in [4.78, 5) is 16.1. The lowest BCUT2D eigenvalue weighted by Crippen LogP contribution is -2.40. The molecule has 1 amide bonds. The summed E-state index contributed by atoms with van der Waals surface area (Å²) in [6, 6.07) is 8.45. The smallest absolute Gasteiger partial charge is 0.222 e. The zero-order chi connectivity index (χ0) is 16.8. The van der Waals surface area contributed by atoms with Gasteiger partial charge in [0.25, 0.3) is 0 Å². The second kappa shape index (κ2) is 8.31. The average Bonchev–Trinajstić information content (AvgIpc) is 2.71. The molecule has 1 aromatic carbocycles. The molecule has 0 unspecified atom stereocenters. The number of hydrogen-bond donors (Lipinski definition) is 0. The molecular formula is C18H28N2O3. The van der Waals surface area contributed by atoms with Crippen LogP contribution in [-0.4, -0.2) is 62.7 Å². The van der Waals surface area contributed by atoms with Gasteiger partial charge in [-0.15, -0.1) is 0 Å². The largest absolute Gasteiger partial charge is 0.497 e. The first-order valence-electron chi connectivity index (χ1n) is 8.16. The second-order valence-electron chi connectivity index (χ2n) is 6.39. The summed E-state index contributed by atoms with van der Waals surface area (Å²) in [6.07, 6.45) is 0.531.